The van der Waals surface area contributed by atoms with E-state index in [1.165, 1.54) is 51.5 Å². The maximum Gasteiger partial charge on any atom is 0.303 e. The Morgan fingerprint density at radius 1 is 1.06 bits per heavy atom. The number of carbonyl (C=O) groups is 1. The van der Waals surface area contributed by atoms with Crippen LogP contribution in [0.3, 0.4) is 0 Å². The highest BCUT2D eigenvalue weighted by Crippen LogP contribution is 2.34. The molecule has 1 unspecified atom stereocenters. The van der Waals surface area contributed by atoms with Crippen molar-refractivity contribution in [1.29, 1.82) is 0 Å². The largest absolute Gasteiger partial charge is 0.481 e. The highest BCUT2D eigenvalue weighted by molar-refractivity contribution is 5.66. The first-order valence-electron chi connectivity index (χ1n) is 7.73. The van der Waals surface area contributed by atoms with Crippen LogP contribution in [0.4, 0.5) is 0 Å². The average Bonchev–Trinajstić information content (AvgIpc) is 2.84. The molecule has 18 heavy (non-hydrogen) atoms. The number of unbranched alkanes of at least 4 members (excludes halogenated alkanes) is 1. The molecule has 1 aliphatic carbocycles. The number of aliphatic carboxylic acids is 1. The summed E-state index contributed by atoms with van der Waals surface area (Å²) >= 11 is 0. The molecule has 1 atom stereocenters. The normalized spacial score (nSPS) is 26.6. The van der Waals surface area contributed by atoms with Gasteiger partial charge in [-0.2, -0.15) is 0 Å². The second kappa shape index (κ2) is 7.13. The van der Waals surface area contributed by atoms with Gasteiger partial charge < -0.3 is 10.0 Å². The van der Waals surface area contributed by atoms with Crippen molar-refractivity contribution in [2.75, 3.05) is 13.1 Å². The van der Waals surface area contributed by atoms with Crippen LogP contribution in [0, 0.1) is 5.92 Å². The van der Waals surface area contributed by atoms with Crippen LogP contribution in [0.5, 0.6) is 0 Å². The third-order valence-corrected chi connectivity index (χ3v) is 4.69. The van der Waals surface area contributed by atoms with Crippen LogP contribution < -0.4 is 0 Å². The SMILES string of the molecule is O=C(O)CCCCN1CCCC1C1CCCCC1. The van der Waals surface area contributed by atoms with Crippen LogP contribution >= 0.6 is 0 Å². The van der Waals surface area contributed by atoms with Gasteiger partial charge in [0.1, 0.15) is 0 Å². The van der Waals surface area contributed by atoms with Crippen molar-refractivity contribution in [3.8, 4) is 0 Å². The van der Waals surface area contributed by atoms with Crippen molar-refractivity contribution in [3.05, 3.63) is 0 Å². The summed E-state index contributed by atoms with van der Waals surface area (Å²) in [7, 11) is 0. The topological polar surface area (TPSA) is 40.5 Å². The number of likely N-dealkylation sites (tertiary alicyclic amines) is 1. The smallest absolute Gasteiger partial charge is 0.303 e. The van der Waals surface area contributed by atoms with Crippen LogP contribution in [0.1, 0.15) is 64.2 Å². The lowest BCUT2D eigenvalue weighted by molar-refractivity contribution is -0.137. The van der Waals surface area contributed by atoms with Crippen molar-refractivity contribution in [3.63, 3.8) is 0 Å². The predicted octanol–water partition coefficient (Wildman–Crippen LogP) is 3.29. The number of rotatable bonds is 6. The molecule has 104 valence electrons. The first-order valence-corrected chi connectivity index (χ1v) is 7.73. The van der Waals surface area contributed by atoms with Gasteiger partial charge in [-0.1, -0.05) is 19.3 Å². The van der Waals surface area contributed by atoms with Crippen LogP contribution in [0.15, 0.2) is 0 Å². The van der Waals surface area contributed by atoms with Crippen LogP contribution in [0.25, 0.3) is 0 Å². The lowest BCUT2D eigenvalue weighted by atomic mass is 9.83. The van der Waals surface area contributed by atoms with Crippen molar-refractivity contribution in [2.45, 2.75) is 70.3 Å². The molecule has 0 aromatic carbocycles. The summed E-state index contributed by atoms with van der Waals surface area (Å²) in [4.78, 5) is 13.1. The van der Waals surface area contributed by atoms with Gasteiger partial charge in [0.25, 0.3) is 0 Å². The molecule has 0 spiro atoms. The van der Waals surface area contributed by atoms with E-state index in [9.17, 15) is 4.79 Å². The molecule has 3 nitrogen and oxygen atoms in total. The van der Waals surface area contributed by atoms with Gasteiger partial charge in [-0.25, -0.2) is 0 Å². The lowest BCUT2D eigenvalue weighted by Crippen LogP contribution is -2.37. The van der Waals surface area contributed by atoms with Gasteiger partial charge in [-0.3, -0.25) is 4.79 Å². The Bertz CT molecular complexity index is 261. The molecule has 2 aliphatic rings. The zero-order valence-electron chi connectivity index (χ0n) is 11.4. The quantitative estimate of drug-likeness (QED) is 0.738. The molecule has 3 heteroatoms. The minimum atomic E-state index is -0.653. The highest BCUT2D eigenvalue weighted by atomic mass is 16.4. The van der Waals surface area contributed by atoms with E-state index in [0.29, 0.717) is 6.42 Å². The molecule has 1 N–H and O–H groups in total. The van der Waals surface area contributed by atoms with Gasteiger partial charge >= 0.3 is 5.97 Å². The Balaban J connectivity index is 1.71. The third-order valence-electron chi connectivity index (χ3n) is 4.69. The Morgan fingerprint density at radius 2 is 1.83 bits per heavy atom. The van der Waals surface area contributed by atoms with E-state index in [1.54, 1.807) is 0 Å². The fraction of sp³-hybridized carbons (Fsp3) is 0.933. The van der Waals surface area contributed by atoms with Gasteiger partial charge in [0.05, 0.1) is 0 Å². The van der Waals surface area contributed by atoms with Gasteiger partial charge in [0.2, 0.25) is 0 Å². The van der Waals surface area contributed by atoms with Gasteiger partial charge in [-0.15, -0.1) is 0 Å². The number of hydrogen-bond donors (Lipinski definition) is 1. The number of nitrogens with zero attached hydrogens (tertiary/aromatic N) is 1. The Kier molecular flexibility index (Phi) is 5.48. The minimum Gasteiger partial charge on any atom is -0.481 e. The third kappa shape index (κ3) is 3.98. The first kappa shape index (κ1) is 13.9. The van der Waals surface area contributed by atoms with E-state index in [4.69, 9.17) is 5.11 Å². The van der Waals surface area contributed by atoms with Crippen LogP contribution in [-0.2, 0) is 4.79 Å². The van der Waals surface area contributed by atoms with Gasteiger partial charge in [0, 0.05) is 12.5 Å². The molecule has 2 fully saturated rings. The summed E-state index contributed by atoms with van der Waals surface area (Å²) in [6.07, 6.45) is 12.1. The van der Waals surface area contributed by atoms with Crippen molar-refractivity contribution < 1.29 is 9.90 Å². The Labute approximate surface area is 111 Å². The zero-order valence-corrected chi connectivity index (χ0v) is 11.4. The fourth-order valence-electron chi connectivity index (χ4n) is 3.77. The second-order valence-corrected chi connectivity index (χ2v) is 5.99. The molecule has 0 aromatic rings. The molecule has 1 saturated heterocycles. The zero-order chi connectivity index (χ0) is 12.8. The number of hydrogen-bond acceptors (Lipinski definition) is 2. The molecular weight excluding hydrogens is 226 g/mol. The molecule has 1 saturated carbocycles. The van der Waals surface area contributed by atoms with E-state index in [-0.39, 0.29) is 0 Å². The van der Waals surface area contributed by atoms with Gasteiger partial charge in [0.15, 0.2) is 0 Å². The average molecular weight is 253 g/mol. The van der Waals surface area contributed by atoms with E-state index < -0.39 is 5.97 Å². The molecule has 1 heterocycles. The minimum absolute atomic E-state index is 0.335. The highest BCUT2D eigenvalue weighted by Gasteiger charge is 2.31. The molecule has 0 bridgehead atoms. The van der Waals surface area contributed by atoms with Crippen molar-refractivity contribution >= 4 is 5.97 Å². The summed E-state index contributed by atoms with van der Waals surface area (Å²) in [5.41, 5.74) is 0. The van der Waals surface area contributed by atoms with E-state index in [0.717, 1.165) is 31.3 Å². The molecule has 0 amide bonds. The summed E-state index contributed by atoms with van der Waals surface area (Å²) in [6.45, 7) is 2.36. The standard InChI is InChI=1S/C15H27NO2/c17-15(18)10-4-5-11-16-12-6-9-14(16)13-7-2-1-3-8-13/h13-14H,1-12H2,(H,17,18). The van der Waals surface area contributed by atoms with Crippen molar-refractivity contribution in [2.24, 2.45) is 5.92 Å². The van der Waals surface area contributed by atoms with Gasteiger partial charge in [-0.05, 0) is 57.5 Å². The number of carboxylic acid groups (broad SMARTS) is 1. The summed E-state index contributed by atoms with van der Waals surface area (Å²) in [6, 6.07) is 0.815. The lowest BCUT2D eigenvalue weighted by Gasteiger charge is -2.34. The first-order chi connectivity index (χ1) is 8.77. The molecule has 2 rings (SSSR count). The summed E-state index contributed by atoms with van der Waals surface area (Å²) < 4.78 is 0. The monoisotopic (exact) mass is 253 g/mol. The number of carboxylic acids is 1. The maximum atomic E-state index is 10.5. The van der Waals surface area contributed by atoms with Crippen LogP contribution in [-0.4, -0.2) is 35.1 Å². The molecule has 0 radical (unpaired) electrons. The molecule has 0 aromatic heterocycles. The van der Waals surface area contributed by atoms with Crippen molar-refractivity contribution in [1.82, 2.24) is 4.90 Å². The van der Waals surface area contributed by atoms with Crippen LogP contribution in [0.2, 0.25) is 0 Å². The summed E-state index contributed by atoms with van der Waals surface area (Å²) in [5, 5.41) is 8.65. The second-order valence-electron chi connectivity index (χ2n) is 5.99. The summed E-state index contributed by atoms with van der Waals surface area (Å²) in [5.74, 6) is 0.279. The fourth-order valence-corrected chi connectivity index (χ4v) is 3.77. The molecule has 1 aliphatic heterocycles. The Hall–Kier alpha value is -0.570. The maximum absolute atomic E-state index is 10.5. The van der Waals surface area contributed by atoms with E-state index >= 15 is 0 Å². The van der Waals surface area contributed by atoms with E-state index in [2.05, 4.69) is 4.90 Å². The van der Waals surface area contributed by atoms with E-state index in [1.807, 2.05) is 0 Å². The Morgan fingerprint density at radius 3 is 2.56 bits per heavy atom. The predicted molar refractivity (Wildman–Crippen MR) is 72.7 cm³/mol. The molecular formula is C15H27NO2.